The largest absolute Gasteiger partial charge is 0.383 e. The molecule has 0 amide bonds. The third kappa shape index (κ3) is 1.87. The fourth-order valence-electron chi connectivity index (χ4n) is 1.68. The van der Waals surface area contributed by atoms with Crippen LogP contribution in [0, 0.1) is 0 Å². The van der Waals surface area contributed by atoms with Gasteiger partial charge < -0.3 is 11.1 Å². The summed E-state index contributed by atoms with van der Waals surface area (Å²) in [4.78, 5) is 8.64. The molecule has 2 aliphatic rings. The SMILES string of the molecule is CSC1=C(C2=NCCN2)C(N)=NC(C)N1Cl. The number of halogens is 1. The highest BCUT2D eigenvalue weighted by atomic mass is 35.5. The monoisotopic (exact) mass is 259 g/mol. The van der Waals surface area contributed by atoms with Crippen molar-refractivity contribution in [1.82, 2.24) is 9.74 Å². The number of nitrogens with one attached hydrogen (secondary N) is 1. The second-order valence-corrected chi connectivity index (χ2v) is 4.66. The van der Waals surface area contributed by atoms with Crippen LogP contribution in [0.25, 0.3) is 0 Å². The summed E-state index contributed by atoms with van der Waals surface area (Å²) >= 11 is 7.73. The number of rotatable bonds is 2. The summed E-state index contributed by atoms with van der Waals surface area (Å²) in [5.41, 5.74) is 6.77. The number of thioether (sulfide) groups is 1. The van der Waals surface area contributed by atoms with E-state index in [-0.39, 0.29) is 6.17 Å². The smallest absolute Gasteiger partial charge is 0.136 e. The molecule has 1 atom stereocenters. The molecular weight excluding hydrogens is 246 g/mol. The lowest BCUT2D eigenvalue weighted by Gasteiger charge is -2.29. The first kappa shape index (κ1) is 11.6. The fourth-order valence-corrected chi connectivity index (χ4v) is 2.75. The fraction of sp³-hybridized carbons (Fsp3) is 0.556. The highest BCUT2D eigenvalue weighted by molar-refractivity contribution is 8.02. The van der Waals surface area contributed by atoms with Crippen LogP contribution in [0.3, 0.4) is 0 Å². The van der Waals surface area contributed by atoms with E-state index in [1.54, 1.807) is 16.2 Å². The molecule has 1 unspecified atom stereocenters. The third-order valence-corrected chi connectivity index (χ3v) is 3.76. The van der Waals surface area contributed by atoms with Crippen molar-refractivity contribution in [2.45, 2.75) is 13.1 Å². The van der Waals surface area contributed by atoms with Crippen LogP contribution >= 0.6 is 23.5 Å². The van der Waals surface area contributed by atoms with Crippen LogP contribution in [0.15, 0.2) is 20.6 Å². The van der Waals surface area contributed by atoms with E-state index in [4.69, 9.17) is 17.5 Å². The Labute approximate surface area is 104 Å². The van der Waals surface area contributed by atoms with Gasteiger partial charge in [0, 0.05) is 18.3 Å². The van der Waals surface area contributed by atoms with Crippen LogP contribution in [-0.4, -0.2) is 41.6 Å². The Balaban J connectivity index is 2.44. The van der Waals surface area contributed by atoms with Gasteiger partial charge in [0.2, 0.25) is 0 Å². The summed E-state index contributed by atoms with van der Waals surface area (Å²) in [6.07, 6.45) is 1.82. The maximum absolute atomic E-state index is 6.18. The number of aliphatic imine (C=N–C) groups is 2. The summed E-state index contributed by atoms with van der Waals surface area (Å²) in [5.74, 6) is 1.30. The predicted octanol–water partition coefficient (Wildman–Crippen LogP) is 0.735. The molecule has 0 aromatic heterocycles. The third-order valence-electron chi connectivity index (χ3n) is 2.42. The van der Waals surface area contributed by atoms with Crippen molar-refractivity contribution < 1.29 is 0 Å². The van der Waals surface area contributed by atoms with Crippen LogP contribution in [0.5, 0.6) is 0 Å². The minimum atomic E-state index is -0.144. The van der Waals surface area contributed by atoms with Crippen molar-refractivity contribution in [1.29, 1.82) is 0 Å². The molecule has 7 heteroatoms. The first-order valence-corrected chi connectivity index (χ1v) is 6.57. The molecule has 0 saturated heterocycles. The molecule has 88 valence electrons. The highest BCUT2D eigenvalue weighted by Crippen LogP contribution is 2.30. The maximum Gasteiger partial charge on any atom is 0.136 e. The quantitative estimate of drug-likeness (QED) is 0.718. The second-order valence-electron chi connectivity index (χ2n) is 3.50. The molecule has 2 rings (SSSR count). The topological polar surface area (TPSA) is 66.0 Å². The minimum Gasteiger partial charge on any atom is -0.383 e. The summed E-state index contributed by atoms with van der Waals surface area (Å²) in [7, 11) is 0. The molecule has 2 heterocycles. The summed E-state index contributed by atoms with van der Waals surface area (Å²) in [6, 6.07) is 0. The number of amidine groups is 2. The van der Waals surface area contributed by atoms with Crippen LogP contribution in [0.1, 0.15) is 6.92 Å². The van der Waals surface area contributed by atoms with E-state index in [0.29, 0.717) is 5.84 Å². The molecule has 0 spiro atoms. The minimum absolute atomic E-state index is 0.144. The molecule has 0 aliphatic carbocycles. The Hall–Kier alpha value is -0.880. The van der Waals surface area contributed by atoms with E-state index in [2.05, 4.69) is 15.3 Å². The van der Waals surface area contributed by atoms with Crippen LogP contribution in [0.4, 0.5) is 0 Å². The van der Waals surface area contributed by atoms with E-state index in [1.165, 1.54) is 0 Å². The van der Waals surface area contributed by atoms with Crippen LogP contribution in [-0.2, 0) is 0 Å². The molecule has 0 saturated carbocycles. The van der Waals surface area contributed by atoms with Gasteiger partial charge in [0.05, 0.1) is 12.1 Å². The van der Waals surface area contributed by atoms with E-state index in [9.17, 15) is 0 Å². The van der Waals surface area contributed by atoms with Gasteiger partial charge in [-0.2, -0.15) is 0 Å². The van der Waals surface area contributed by atoms with Crippen molar-refractivity contribution in [3.8, 4) is 0 Å². The van der Waals surface area contributed by atoms with Gasteiger partial charge in [-0.25, -0.2) is 4.99 Å². The standard InChI is InChI=1S/C9H14ClN5S/c1-5-14-7(11)6(8-12-3-4-13-8)9(16-2)15(5)10/h5H,3-4H2,1-2H3,(H2,11,14)(H,12,13). The zero-order valence-corrected chi connectivity index (χ0v) is 10.8. The molecular formula is C9H14ClN5S. The van der Waals surface area contributed by atoms with Crippen molar-refractivity contribution >= 4 is 35.2 Å². The average Bonchev–Trinajstić information content (AvgIpc) is 2.76. The Morgan fingerprint density at radius 2 is 2.38 bits per heavy atom. The second kappa shape index (κ2) is 4.55. The van der Waals surface area contributed by atoms with Gasteiger partial charge in [0.25, 0.3) is 0 Å². The molecule has 5 nitrogen and oxygen atoms in total. The summed E-state index contributed by atoms with van der Waals surface area (Å²) in [6.45, 7) is 3.51. The van der Waals surface area contributed by atoms with Gasteiger partial charge in [-0.1, -0.05) is 0 Å². The Morgan fingerprint density at radius 3 is 2.94 bits per heavy atom. The van der Waals surface area contributed by atoms with Crippen molar-refractivity contribution in [2.24, 2.45) is 15.7 Å². The number of nitrogens with zero attached hydrogens (tertiary/aromatic N) is 3. The highest BCUT2D eigenvalue weighted by Gasteiger charge is 2.29. The molecule has 0 aromatic carbocycles. The van der Waals surface area contributed by atoms with Gasteiger partial charge in [-0.15, -0.1) is 11.8 Å². The molecule has 0 fully saturated rings. The zero-order chi connectivity index (χ0) is 11.7. The first-order chi connectivity index (χ1) is 7.65. The number of hydrogen-bond acceptors (Lipinski definition) is 6. The Bertz CT molecular complexity index is 389. The maximum atomic E-state index is 6.18. The molecule has 0 radical (unpaired) electrons. The zero-order valence-electron chi connectivity index (χ0n) is 9.20. The van der Waals surface area contributed by atoms with Crippen molar-refractivity contribution in [3.05, 3.63) is 10.6 Å². The van der Waals surface area contributed by atoms with Crippen LogP contribution in [0.2, 0.25) is 0 Å². The predicted molar refractivity (Wildman–Crippen MR) is 69.6 cm³/mol. The lowest BCUT2D eigenvalue weighted by atomic mass is 10.2. The molecule has 0 aromatic rings. The van der Waals surface area contributed by atoms with Gasteiger partial charge in [-0.3, -0.25) is 9.41 Å². The van der Waals surface area contributed by atoms with E-state index >= 15 is 0 Å². The normalized spacial score (nSPS) is 25.4. The average molecular weight is 260 g/mol. The lowest BCUT2D eigenvalue weighted by molar-refractivity contribution is 0.460. The summed E-state index contributed by atoms with van der Waals surface area (Å²) < 4.78 is 1.60. The lowest BCUT2D eigenvalue weighted by Crippen LogP contribution is -2.38. The van der Waals surface area contributed by atoms with E-state index in [0.717, 1.165) is 29.5 Å². The van der Waals surface area contributed by atoms with E-state index in [1.807, 2.05) is 13.2 Å². The van der Waals surface area contributed by atoms with Gasteiger partial charge >= 0.3 is 0 Å². The first-order valence-electron chi connectivity index (χ1n) is 5.00. The molecule has 0 bridgehead atoms. The Morgan fingerprint density at radius 1 is 1.62 bits per heavy atom. The number of nitrogens with two attached hydrogens (primary N) is 1. The van der Waals surface area contributed by atoms with Gasteiger partial charge in [-0.05, 0) is 13.2 Å². The molecule has 16 heavy (non-hydrogen) atoms. The summed E-state index contributed by atoms with van der Waals surface area (Å²) in [5, 5.41) is 4.09. The van der Waals surface area contributed by atoms with Gasteiger partial charge in [0.15, 0.2) is 0 Å². The van der Waals surface area contributed by atoms with Crippen molar-refractivity contribution in [3.63, 3.8) is 0 Å². The number of hydrogen-bond donors (Lipinski definition) is 2. The van der Waals surface area contributed by atoms with Gasteiger partial charge in [0.1, 0.15) is 22.9 Å². The molecule has 3 N–H and O–H groups in total. The Kier molecular flexibility index (Phi) is 3.30. The van der Waals surface area contributed by atoms with E-state index < -0.39 is 0 Å². The van der Waals surface area contributed by atoms with Crippen LogP contribution < -0.4 is 11.1 Å². The van der Waals surface area contributed by atoms with Crippen molar-refractivity contribution in [2.75, 3.05) is 19.3 Å². The molecule has 2 aliphatic heterocycles.